The van der Waals surface area contributed by atoms with E-state index in [1.165, 1.54) is 47.0 Å². The summed E-state index contributed by atoms with van der Waals surface area (Å²) >= 11 is 0. The minimum Gasteiger partial charge on any atom is -0.493 e. The zero-order chi connectivity index (χ0) is 19.9. The van der Waals surface area contributed by atoms with Crippen LogP contribution in [0.5, 0.6) is 17.2 Å². The van der Waals surface area contributed by atoms with Crippen molar-refractivity contribution in [3.05, 3.63) is 36.0 Å². The molecule has 28 heavy (non-hydrogen) atoms. The molecule has 1 saturated heterocycles. The highest BCUT2D eigenvalue weighted by molar-refractivity contribution is 6.05. The summed E-state index contributed by atoms with van der Waals surface area (Å²) in [4.78, 5) is 19.5. The average molecular weight is 385 g/mol. The zero-order valence-electron chi connectivity index (χ0n) is 16.7. The molecule has 0 spiro atoms. The van der Waals surface area contributed by atoms with Gasteiger partial charge in [0.1, 0.15) is 5.82 Å². The Morgan fingerprint density at radius 1 is 0.964 bits per heavy atom. The summed E-state index contributed by atoms with van der Waals surface area (Å²) in [6.07, 6.45) is 6.64. The third-order valence-corrected chi connectivity index (χ3v) is 4.86. The Hall–Kier alpha value is -2.96. The highest BCUT2D eigenvalue weighted by Gasteiger charge is 2.17. The number of aromatic nitrogens is 1. The molecule has 3 rings (SSSR count). The summed E-state index contributed by atoms with van der Waals surface area (Å²) < 4.78 is 15.9. The summed E-state index contributed by atoms with van der Waals surface area (Å²) in [5.41, 5.74) is 1.04. The van der Waals surface area contributed by atoms with Gasteiger partial charge in [-0.25, -0.2) is 4.98 Å². The highest BCUT2D eigenvalue weighted by atomic mass is 16.5. The second-order valence-electron chi connectivity index (χ2n) is 6.67. The van der Waals surface area contributed by atoms with Gasteiger partial charge in [-0.15, -0.1) is 0 Å². The molecule has 7 heteroatoms. The standard InChI is InChI=1S/C21H27N3O4/c1-26-17-12-15(13-18(27-2)20(17)28-3)21(25)23-16-8-9-19(22-14-16)24-10-6-4-5-7-11-24/h8-9,12-14H,4-7,10-11H2,1-3H3,(H,23,25). The maximum absolute atomic E-state index is 12.7. The van der Waals surface area contributed by atoms with Crippen LogP contribution in [0.2, 0.25) is 0 Å². The van der Waals surface area contributed by atoms with Crippen molar-refractivity contribution >= 4 is 17.4 Å². The van der Waals surface area contributed by atoms with E-state index in [4.69, 9.17) is 14.2 Å². The summed E-state index contributed by atoms with van der Waals surface area (Å²) in [6, 6.07) is 7.07. The smallest absolute Gasteiger partial charge is 0.255 e. The van der Waals surface area contributed by atoms with Crippen molar-refractivity contribution in [3.63, 3.8) is 0 Å². The summed E-state index contributed by atoms with van der Waals surface area (Å²) in [6.45, 7) is 2.06. The zero-order valence-corrected chi connectivity index (χ0v) is 16.7. The van der Waals surface area contributed by atoms with Crippen molar-refractivity contribution in [2.45, 2.75) is 25.7 Å². The molecule has 1 aromatic carbocycles. The van der Waals surface area contributed by atoms with Crippen LogP contribution in [-0.2, 0) is 0 Å². The van der Waals surface area contributed by atoms with Crippen LogP contribution in [0.3, 0.4) is 0 Å². The third kappa shape index (κ3) is 4.47. The number of rotatable bonds is 6. The van der Waals surface area contributed by atoms with E-state index in [0.29, 0.717) is 28.5 Å². The van der Waals surface area contributed by atoms with Gasteiger partial charge in [0.25, 0.3) is 5.91 Å². The molecular formula is C21H27N3O4. The second-order valence-corrected chi connectivity index (χ2v) is 6.67. The number of hydrogen-bond donors (Lipinski definition) is 1. The first kappa shape index (κ1) is 19.8. The highest BCUT2D eigenvalue weighted by Crippen LogP contribution is 2.38. The lowest BCUT2D eigenvalue weighted by Gasteiger charge is -2.21. The lowest BCUT2D eigenvalue weighted by molar-refractivity contribution is 0.102. The van der Waals surface area contributed by atoms with Crippen LogP contribution < -0.4 is 24.4 Å². The van der Waals surface area contributed by atoms with E-state index in [0.717, 1.165) is 18.9 Å². The molecule has 0 aliphatic carbocycles. The molecule has 150 valence electrons. The van der Waals surface area contributed by atoms with E-state index in [-0.39, 0.29) is 5.91 Å². The molecule has 1 aliphatic rings. The van der Waals surface area contributed by atoms with Crippen LogP contribution in [0.25, 0.3) is 0 Å². The molecule has 0 unspecified atom stereocenters. The van der Waals surface area contributed by atoms with Gasteiger partial charge in [-0.3, -0.25) is 4.79 Å². The number of pyridine rings is 1. The van der Waals surface area contributed by atoms with Crippen LogP contribution in [0.15, 0.2) is 30.5 Å². The molecule has 2 heterocycles. The number of nitrogens with one attached hydrogen (secondary N) is 1. The number of nitrogens with zero attached hydrogens (tertiary/aromatic N) is 2. The van der Waals surface area contributed by atoms with E-state index in [1.54, 1.807) is 18.3 Å². The normalized spacial score (nSPS) is 14.2. The largest absolute Gasteiger partial charge is 0.493 e. The predicted molar refractivity (Wildman–Crippen MR) is 109 cm³/mol. The van der Waals surface area contributed by atoms with E-state index < -0.39 is 0 Å². The van der Waals surface area contributed by atoms with E-state index in [9.17, 15) is 4.79 Å². The first-order chi connectivity index (χ1) is 13.7. The molecule has 0 saturated carbocycles. The summed E-state index contributed by atoms with van der Waals surface area (Å²) in [7, 11) is 4.56. The Morgan fingerprint density at radius 3 is 2.11 bits per heavy atom. The van der Waals surface area contributed by atoms with E-state index in [1.807, 2.05) is 12.1 Å². The van der Waals surface area contributed by atoms with E-state index in [2.05, 4.69) is 15.2 Å². The molecule has 0 radical (unpaired) electrons. The number of anilines is 2. The van der Waals surface area contributed by atoms with Gasteiger partial charge in [0.15, 0.2) is 11.5 Å². The van der Waals surface area contributed by atoms with Gasteiger partial charge in [-0.1, -0.05) is 12.8 Å². The fraction of sp³-hybridized carbons (Fsp3) is 0.429. The first-order valence-corrected chi connectivity index (χ1v) is 9.48. The molecular weight excluding hydrogens is 358 g/mol. The molecule has 1 aromatic heterocycles. The van der Waals surface area contributed by atoms with Crippen molar-refractivity contribution in [1.29, 1.82) is 0 Å². The number of amides is 1. The Morgan fingerprint density at radius 2 is 1.61 bits per heavy atom. The monoisotopic (exact) mass is 385 g/mol. The van der Waals surface area contributed by atoms with Crippen LogP contribution in [0, 0.1) is 0 Å². The molecule has 1 fully saturated rings. The topological polar surface area (TPSA) is 72.9 Å². The van der Waals surface area contributed by atoms with Gasteiger partial charge >= 0.3 is 0 Å². The Kier molecular flexibility index (Phi) is 6.57. The van der Waals surface area contributed by atoms with Gasteiger partial charge in [0.2, 0.25) is 5.75 Å². The van der Waals surface area contributed by atoms with E-state index >= 15 is 0 Å². The second kappa shape index (κ2) is 9.30. The average Bonchev–Trinajstić information content (AvgIpc) is 3.02. The quantitative estimate of drug-likeness (QED) is 0.817. The van der Waals surface area contributed by atoms with Gasteiger partial charge in [0.05, 0.1) is 33.2 Å². The molecule has 1 aliphatic heterocycles. The number of carbonyl (C=O) groups is 1. The van der Waals surface area contributed by atoms with Crippen molar-refractivity contribution in [1.82, 2.24) is 4.98 Å². The summed E-state index contributed by atoms with van der Waals surface area (Å²) in [5, 5.41) is 2.87. The lowest BCUT2D eigenvalue weighted by atomic mass is 10.1. The Bertz CT molecular complexity index is 775. The van der Waals surface area contributed by atoms with Crippen LogP contribution in [0.4, 0.5) is 11.5 Å². The Balaban J connectivity index is 1.74. The van der Waals surface area contributed by atoms with Crippen LogP contribution in [-0.4, -0.2) is 45.3 Å². The van der Waals surface area contributed by atoms with Gasteiger partial charge in [-0.2, -0.15) is 0 Å². The van der Waals surface area contributed by atoms with Gasteiger partial charge in [0, 0.05) is 18.7 Å². The molecule has 7 nitrogen and oxygen atoms in total. The van der Waals surface area contributed by atoms with Gasteiger partial charge in [-0.05, 0) is 37.1 Å². The molecule has 0 atom stereocenters. The number of hydrogen-bond acceptors (Lipinski definition) is 6. The molecule has 1 amide bonds. The SMILES string of the molecule is COc1cc(C(=O)Nc2ccc(N3CCCCCC3)nc2)cc(OC)c1OC. The number of carbonyl (C=O) groups excluding carboxylic acids is 1. The fourth-order valence-electron chi connectivity index (χ4n) is 3.36. The van der Waals surface area contributed by atoms with Crippen molar-refractivity contribution in [2.75, 3.05) is 44.6 Å². The fourth-order valence-corrected chi connectivity index (χ4v) is 3.36. The number of methoxy groups -OCH3 is 3. The maximum atomic E-state index is 12.7. The minimum absolute atomic E-state index is 0.274. The minimum atomic E-state index is -0.274. The predicted octanol–water partition coefficient (Wildman–Crippen LogP) is 3.74. The molecule has 2 aromatic rings. The third-order valence-electron chi connectivity index (χ3n) is 4.86. The van der Waals surface area contributed by atoms with Gasteiger partial charge < -0.3 is 24.4 Å². The lowest BCUT2D eigenvalue weighted by Crippen LogP contribution is -2.24. The maximum Gasteiger partial charge on any atom is 0.255 e. The summed E-state index contributed by atoms with van der Waals surface area (Å²) in [5.74, 6) is 1.99. The Labute approximate surface area is 165 Å². The van der Waals surface area contributed by atoms with Crippen LogP contribution >= 0.6 is 0 Å². The first-order valence-electron chi connectivity index (χ1n) is 9.48. The van der Waals surface area contributed by atoms with Crippen molar-refractivity contribution < 1.29 is 19.0 Å². The number of benzene rings is 1. The van der Waals surface area contributed by atoms with Crippen molar-refractivity contribution in [2.24, 2.45) is 0 Å². The molecule has 1 N–H and O–H groups in total. The molecule has 0 bridgehead atoms. The van der Waals surface area contributed by atoms with Crippen molar-refractivity contribution in [3.8, 4) is 17.2 Å². The number of ether oxygens (including phenoxy) is 3. The van der Waals surface area contributed by atoms with Crippen LogP contribution in [0.1, 0.15) is 36.0 Å².